The molecule has 1 aromatic carbocycles. The van der Waals surface area contributed by atoms with Crippen molar-refractivity contribution in [1.29, 1.82) is 0 Å². The third kappa shape index (κ3) is 2.88. The second kappa shape index (κ2) is 5.49. The first-order chi connectivity index (χ1) is 8.58. The van der Waals surface area contributed by atoms with Crippen molar-refractivity contribution in [1.82, 2.24) is 9.97 Å². The molecule has 94 valence electrons. The Labute approximate surface area is 113 Å². The van der Waals surface area contributed by atoms with Crippen molar-refractivity contribution in [2.45, 2.75) is 26.7 Å². The van der Waals surface area contributed by atoms with Gasteiger partial charge in [-0.2, -0.15) is 0 Å². The van der Waals surface area contributed by atoms with Crippen molar-refractivity contribution >= 4 is 11.6 Å². The number of rotatable bonds is 3. The van der Waals surface area contributed by atoms with E-state index in [2.05, 4.69) is 30.7 Å². The monoisotopic (exact) mass is 260 g/mol. The van der Waals surface area contributed by atoms with Crippen LogP contribution in [0.15, 0.2) is 36.7 Å². The van der Waals surface area contributed by atoms with E-state index in [-0.39, 0.29) is 0 Å². The van der Waals surface area contributed by atoms with Crippen molar-refractivity contribution in [3.63, 3.8) is 0 Å². The minimum Gasteiger partial charge on any atom is -0.261 e. The van der Waals surface area contributed by atoms with Crippen molar-refractivity contribution in [3.8, 4) is 11.3 Å². The molecular formula is C15H17ClN2. The maximum absolute atomic E-state index is 5.89. The summed E-state index contributed by atoms with van der Waals surface area (Å²) in [6.07, 6.45) is 3.64. The van der Waals surface area contributed by atoms with Gasteiger partial charge < -0.3 is 0 Å². The van der Waals surface area contributed by atoms with Gasteiger partial charge in [-0.15, -0.1) is 0 Å². The van der Waals surface area contributed by atoms with Gasteiger partial charge in [-0.1, -0.05) is 44.5 Å². The molecule has 0 aliphatic carbocycles. The lowest BCUT2D eigenvalue weighted by molar-refractivity contribution is 0.522. The lowest BCUT2D eigenvalue weighted by Crippen LogP contribution is -2.05. The van der Waals surface area contributed by atoms with Crippen molar-refractivity contribution in [3.05, 3.63) is 47.4 Å². The zero-order valence-corrected chi connectivity index (χ0v) is 11.6. The van der Waals surface area contributed by atoms with Gasteiger partial charge in [0.2, 0.25) is 0 Å². The molecule has 1 aromatic heterocycles. The van der Waals surface area contributed by atoms with E-state index in [0.29, 0.717) is 11.8 Å². The molecule has 0 aliphatic heterocycles. The third-order valence-corrected chi connectivity index (χ3v) is 3.51. The molecule has 0 bridgehead atoms. The molecule has 1 atom stereocenters. The number of nitrogens with zero attached hydrogens (tertiary/aromatic N) is 2. The average Bonchev–Trinajstić information content (AvgIpc) is 2.38. The topological polar surface area (TPSA) is 25.8 Å². The van der Waals surface area contributed by atoms with Crippen LogP contribution < -0.4 is 0 Å². The fourth-order valence-corrected chi connectivity index (χ4v) is 1.83. The van der Waals surface area contributed by atoms with E-state index in [0.717, 1.165) is 22.0 Å². The highest BCUT2D eigenvalue weighted by atomic mass is 35.5. The van der Waals surface area contributed by atoms with Crippen molar-refractivity contribution in [2.24, 2.45) is 5.92 Å². The fraction of sp³-hybridized carbons (Fsp3) is 0.333. The molecule has 2 aromatic rings. The van der Waals surface area contributed by atoms with Gasteiger partial charge in [0.25, 0.3) is 0 Å². The smallest absolute Gasteiger partial charge is 0.0888 e. The van der Waals surface area contributed by atoms with Crippen LogP contribution in [0.5, 0.6) is 0 Å². The second-order valence-electron chi connectivity index (χ2n) is 4.87. The Bertz CT molecular complexity index is 520. The summed E-state index contributed by atoms with van der Waals surface area (Å²) in [5.41, 5.74) is 2.99. The Morgan fingerprint density at radius 3 is 2.28 bits per heavy atom. The molecule has 1 unspecified atom stereocenters. The Hall–Kier alpha value is -1.41. The summed E-state index contributed by atoms with van der Waals surface area (Å²) in [4.78, 5) is 8.98. The number of aromatic nitrogens is 2. The molecule has 0 aliphatic rings. The SMILES string of the molecule is CC(C)C(C)c1cncc(-c2ccc(Cl)cc2)n1. The van der Waals surface area contributed by atoms with Crippen LogP contribution in [0.2, 0.25) is 5.02 Å². The predicted octanol–water partition coefficient (Wildman–Crippen LogP) is 4.56. The molecule has 1 heterocycles. The summed E-state index contributed by atoms with van der Waals surface area (Å²) in [6, 6.07) is 7.68. The second-order valence-corrected chi connectivity index (χ2v) is 5.31. The fourth-order valence-electron chi connectivity index (χ4n) is 1.70. The normalized spacial score (nSPS) is 12.7. The van der Waals surface area contributed by atoms with Gasteiger partial charge in [-0.25, -0.2) is 4.98 Å². The van der Waals surface area contributed by atoms with E-state index in [1.54, 1.807) is 6.20 Å². The lowest BCUT2D eigenvalue weighted by atomic mass is 9.95. The maximum atomic E-state index is 5.89. The zero-order chi connectivity index (χ0) is 13.1. The average molecular weight is 261 g/mol. The number of halogens is 1. The molecule has 0 radical (unpaired) electrons. The molecule has 0 saturated carbocycles. The van der Waals surface area contributed by atoms with Crippen LogP contribution in [0.4, 0.5) is 0 Å². The van der Waals surface area contributed by atoms with Gasteiger partial charge in [-0.3, -0.25) is 4.98 Å². The van der Waals surface area contributed by atoms with Crippen LogP contribution in [-0.4, -0.2) is 9.97 Å². The number of hydrogen-bond acceptors (Lipinski definition) is 2. The molecule has 18 heavy (non-hydrogen) atoms. The summed E-state index contributed by atoms with van der Waals surface area (Å²) in [6.45, 7) is 6.57. The van der Waals surface area contributed by atoms with E-state index in [9.17, 15) is 0 Å². The standard InChI is InChI=1S/C15H17ClN2/c1-10(2)11(3)14-8-17-9-15(18-14)12-4-6-13(16)7-5-12/h4-11H,1-3H3. The minimum absolute atomic E-state index is 0.407. The summed E-state index contributed by atoms with van der Waals surface area (Å²) in [5, 5.41) is 0.735. The minimum atomic E-state index is 0.407. The highest BCUT2D eigenvalue weighted by molar-refractivity contribution is 6.30. The molecule has 0 amide bonds. The summed E-state index contributed by atoms with van der Waals surface area (Å²) in [5.74, 6) is 0.963. The Kier molecular flexibility index (Phi) is 3.97. The van der Waals surface area contributed by atoms with Gasteiger partial charge >= 0.3 is 0 Å². The molecule has 2 rings (SSSR count). The number of benzene rings is 1. The lowest BCUT2D eigenvalue weighted by Gasteiger charge is -2.15. The summed E-state index contributed by atoms with van der Waals surface area (Å²) < 4.78 is 0. The summed E-state index contributed by atoms with van der Waals surface area (Å²) in [7, 11) is 0. The Balaban J connectivity index is 2.35. The van der Waals surface area contributed by atoms with Crippen LogP contribution in [0.25, 0.3) is 11.3 Å². The Morgan fingerprint density at radius 1 is 1.00 bits per heavy atom. The number of hydrogen-bond donors (Lipinski definition) is 0. The Morgan fingerprint density at radius 2 is 1.67 bits per heavy atom. The molecule has 2 nitrogen and oxygen atoms in total. The van der Waals surface area contributed by atoms with Crippen LogP contribution >= 0.6 is 11.6 Å². The van der Waals surface area contributed by atoms with Gasteiger partial charge in [-0.05, 0) is 18.1 Å². The van der Waals surface area contributed by atoms with Gasteiger partial charge in [0.1, 0.15) is 0 Å². The van der Waals surface area contributed by atoms with Crippen LogP contribution in [0.3, 0.4) is 0 Å². The van der Waals surface area contributed by atoms with Crippen LogP contribution in [-0.2, 0) is 0 Å². The van der Waals surface area contributed by atoms with Gasteiger partial charge in [0, 0.05) is 22.7 Å². The molecule has 0 fully saturated rings. The van der Waals surface area contributed by atoms with Crippen LogP contribution in [0, 0.1) is 5.92 Å². The summed E-state index contributed by atoms with van der Waals surface area (Å²) >= 11 is 5.89. The highest BCUT2D eigenvalue weighted by Crippen LogP contribution is 2.24. The molecule has 0 N–H and O–H groups in total. The van der Waals surface area contributed by atoms with Gasteiger partial charge in [0.15, 0.2) is 0 Å². The van der Waals surface area contributed by atoms with E-state index in [1.807, 2.05) is 30.5 Å². The maximum Gasteiger partial charge on any atom is 0.0888 e. The first-order valence-corrected chi connectivity index (χ1v) is 6.53. The molecule has 0 saturated heterocycles. The van der Waals surface area contributed by atoms with Crippen LogP contribution in [0.1, 0.15) is 32.4 Å². The van der Waals surface area contributed by atoms with E-state index in [1.165, 1.54) is 0 Å². The predicted molar refractivity (Wildman–Crippen MR) is 75.7 cm³/mol. The molecule has 0 spiro atoms. The van der Waals surface area contributed by atoms with E-state index < -0.39 is 0 Å². The van der Waals surface area contributed by atoms with Gasteiger partial charge in [0.05, 0.1) is 17.6 Å². The third-order valence-electron chi connectivity index (χ3n) is 3.26. The largest absolute Gasteiger partial charge is 0.261 e. The first kappa shape index (κ1) is 13.0. The zero-order valence-electron chi connectivity index (χ0n) is 10.9. The van der Waals surface area contributed by atoms with Crippen molar-refractivity contribution in [2.75, 3.05) is 0 Å². The van der Waals surface area contributed by atoms with E-state index in [4.69, 9.17) is 11.6 Å². The molecule has 3 heteroatoms. The molecular weight excluding hydrogens is 244 g/mol. The quantitative estimate of drug-likeness (QED) is 0.809. The highest BCUT2D eigenvalue weighted by Gasteiger charge is 2.12. The first-order valence-electron chi connectivity index (χ1n) is 6.16. The van der Waals surface area contributed by atoms with Crippen molar-refractivity contribution < 1.29 is 0 Å². The van der Waals surface area contributed by atoms with E-state index >= 15 is 0 Å².